The molecule has 7 heteroatoms. The van der Waals surface area contributed by atoms with Crippen molar-refractivity contribution in [2.24, 2.45) is 0 Å². The second kappa shape index (κ2) is 10.5. The van der Waals surface area contributed by atoms with E-state index < -0.39 is 10.0 Å². The van der Waals surface area contributed by atoms with Crippen LogP contribution in [0.15, 0.2) is 77.7 Å². The van der Waals surface area contributed by atoms with Crippen LogP contribution in [-0.2, 0) is 21.2 Å². The van der Waals surface area contributed by atoms with E-state index in [2.05, 4.69) is 12.2 Å². The number of amides is 1. The van der Waals surface area contributed by atoms with Crippen LogP contribution in [0.2, 0.25) is 0 Å². The topological polar surface area (TPSA) is 75.7 Å². The monoisotopic (exact) mass is 466 g/mol. The molecule has 0 saturated heterocycles. The van der Waals surface area contributed by atoms with Crippen LogP contribution in [0.5, 0.6) is 5.75 Å². The van der Waals surface area contributed by atoms with Crippen molar-refractivity contribution < 1.29 is 17.9 Å². The first-order chi connectivity index (χ1) is 15.7. The lowest BCUT2D eigenvalue weighted by Crippen LogP contribution is -2.41. The van der Waals surface area contributed by atoms with Gasteiger partial charge in [0.05, 0.1) is 23.7 Å². The summed E-state index contributed by atoms with van der Waals surface area (Å²) in [6.07, 6.45) is 0.940. The van der Waals surface area contributed by atoms with Crippen molar-refractivity contribution in [2.75, 3.05) is 18.0 Å². The van der Waals surface area contributed by atoms with Gasteiger partial charge >= 0.3 is 0 Å². The Bertz CT molecular complexity index is 1170. The third-order valence-electron chi connectivity index (χ3n) is 5.52. The molecule has 0 saturated carbocycles. The van der Waals surface area contributed by atoms with E-state index >= 15 is 0 Å². The number of sulfonamides is 1. The van der Waals surface area contributed by atoms with E-state index in [0.717, 1.165) is 21.9 Å². The van der Waals surface area contributed by atoms with Crippen LogP contribution < -0.4 is 14.4 Å². The summed E-state index contributed by atoms with van der Waals surface area (Å²) in [5, 5.41) is 2.92. The van der Waals surface area contributed by atoms with E-state index in [1.165, 1.54) is 24.8 Å². The van der Waals surface area contributed by atoms with E-state index in [4.69, 9.17) is 4.74 Å². The molecule has 0 aliphatic rings. The molecular weight excluding hydrogens is 436 g/mol. The molecule has 1 amide bonds. The van der Waals surface area contributed by atoms with Gasteiger partial charge in [-0.25, -0.2) is 8.42 Å². The number of benzene rings is 3. The smallest absolute Gasteiger partial charge is 0.264 e. The summed E-state index contributed by atoms with van der Waals surface area (Å²) in [5.74, 6) is 0.163. The van der Waals surface area contributed by atoms with E-state index in [1.54, 1.807) is 24.3 Å². The molecule has 0 radical (unpaired) electrons. The maximum atomic E-state index is 13.5. The third-order valence-corrected chi connectivity index (χ3v) is 7.31. The van der Waals surface area contributed by atoms with Crippen LogP contribution in [0, 0.1) is 6.92 Å². The van der Waals surface area contributed by atoms with Gasteiger partial charge in [-0.1, -0.05) is 48.9 Å². The summed E-state index contributed by atoms with van der Waals surface area (Å²) < 4.78 is 33.2. The highest BCUT2D eigenvalue weighted by Gasteiger charge is 2.27. The molecule has 1 N–H and O–H groups in total. The molecule has 6 nitrogen and oxygen atoms in total. The van der Waals surface area contributed by atoms with Gasteiger partial charge < -0.3 is 10.1 Å². The zero-order chi connectivity index (χ0) is 24.0. The van der Waals surface area contributed by atoms with Crippen LogP contribution in [0.25, 0.3) is 0 Å². The van der Waals surface area contributed by atoms with Gasteiger partial charge in [0.15, 0.2) is 0 Å². The summed E-state index contributed by atoms with van der Waals surface area (Å²) in [5.41, 5.74) is 3.59. The van der Waals surface area contributed by atoms with Crippen molar-refractivity contribution in [3.05, 3.63) is 89.5 Å². The molecule has 0 aliphatic heterocycles. The van der Waals surface area contributed by atoms with Gasteiger partial charge in [0.1, 0.15) is 12.3 Å². The molecule has 33 heavy (non-hydrogen) atoms. The number of rotatable bonds is 9. The van der Waals surface area contributed by atoms with E-state index in [1.807, 2.05) is 50.2 Å². The summed E-state index contributed by atoms with van der Waals surface area (Å²) >= 11 is 0. The fourth-order valence-corrected chi connectivity index (χ4v) is 4.86. The van der Waals surface area contributed by atoms with Gasteiger partial charge in [0.25, 0.3) is 10.0 Å². The normalized spacial score (nSPS) is 12.1. The van der Waals surface area contributed by atoms with Gasteiger partial charge in [0, 0.05) is 0 Å². The Morgan fingerprint density at radius 1 is 0.970 bits per heavy atom. The van der Waals surface area contributed by atoms with Crippen LogP contribution in [-0.4, -0.2) is 28.0 Å². The largest absolute Gasteiger partial charge is 0.497 e. The number of hydrogen-bond donors (Lipinski definition) is 1. The zero-order valence-corrected chi connectivity index (χ0v) is 20.2. The summed E-state index contributed by atoms with van der Waals surface area (Å²) in [6, 6.07) is 20.9. The molecule has 0 heterocycles. The lowest BCUT2D eigenvalue weighted by atomic mass is 10.1. The molecule has 0 bridgehead atoms. The van der Waals surface area contributed by atoms with Crippen molar-refractivity contribution in [1.29, 1.82) is 0 Å². The summed E-state index contributed by atoms with van der Waals surface area (Å²) in [4.78, 5) is 13.0. The summed E-state index contributed by atoms with van der Waals surface area (Å²) in [6.45, 7) is 5.55. The number of ether oxygens (including phenoxy) is 1. The van der Waals surface area contributed by atoms with Gasteiger partial charge in [-0.15, -0.1) is 0 Å². The van der Waals surface area contributed by atoms with E-state index in [0.29, 0.717) is 11.4 Å². The zero-order valence-electron chi connectivity index (χ0n) is 19.4. The second-order valence-corrected chi connectivity index (χ2v) is 9.77. The van der Waals surface area contributed by atoms with Crippen molar-refractivity contribution in [2.45, 2.75) is 38.1 Å². The SMILES string of the molecule is CCc1ccc([C@@H](C)NC(=O)CN(c2ccc(C)cc2)S(=O)(=O)c2ccc(OC)cc2)cc1. The number of hydrogen-bond acceptors (Lipinski definition) is 4. The molecular formula is C26H30N2O4S. The first-order valence-corrected chi connectivity index (χ1v) is 12.3. The van der Waals surface area contributed by atoms with Crippen molar-refractivity contribution in [3.63, 3.8) is 0 Å². The Balaban J connectivity index is 1.86. The molecule has 0 unspecified atom stereocenters. The maximum absolute atomic E-state index is 13.5. The first-order valence-electron chi connectivity index (χ1n) is 10.9. The lowest BCUT2D eigenvalue weighted by molar-refractivity contribution is -0.120. The fourth-order valence-electron chi connectivity index (χ4n) is 3.44. The van der Waals surface area contributed by atoms with Crippen LogP contribution in [0.4, 0.5) is 5.69 Å². The van der Waals surface area contributed by atoms with Crippen molar-refractivity contribution >= 4 is 21.6 Å². The minimum absolute atomic E-state index is 0.0832. The first kappa shape index (κ1) is 24.3. The molecule has 0 spiro atoms. The van der Waals surface area contributed by atoms with Crippen LogP contribution in [0.3, 0.4) is 0 Å². The minimum atomic E-state index is -3.98. The molecule has 0 fully saturated rings. The Morgan fingerprint density at radius 3 is 2.12 bits per heavy atom. The van der Waals surface area contributed by atoms with E-state index in [-0.39, 0.29) is 23.4 Å². The molecule has 1 atom stereocenters. The molecule has 0 aliphatic carbocycles. The highest BCUT2D eigenvalue weighted by molar-refractivity contribution is 7.92. The van der Waals surface area contributed by atoms with Gasteiger partial charge in [-0.3, -0.25) is 9.10 Å². The second-order valence-electron chi connectivity index (χ2n) is 7.91. The standard InChI is InChI=1S/C26H30N2O4S/c1-5-21-8-10-22(11-9-21)20(3)27-26(29)18-28(23-12-6-19(2)7-13-23)33(30,31)25-16-14-24(32-4)15-17-25/h6-17,20H,5,18H2,1-4H3,(H,27,29)/t20-/m1/s1. The molecule has 3 aromatic rings. The van der Waals surface area contributed by atoms with Crippen molar-refractivity contribution in [3.8, 4) is 5.75 Å². The minimum Gasteiger partial charge on any atom is -0.497 e. The molecule has 174 valence electrons. The van der Waals surface area contributed by atoms with Gasteiger partial charge in [-0.2, -0.15) is 0 Å². The third kappa shape index (κ3) is 5.93. The number of nitrogens with zero attached hydrogens (tertiary/aromatic N) is 1. The van der Waals surface area contributed by atoms with Crippen LogP contribution in [0.1, 0.15) is 36.6 Å². The van der Waals surface area contributed by atoms with Gasteiger partial charge in [-0.05, 0) is 67.8 Å². The Morgan fingerprint density at radius 2 is 1.58 bits per heavy atom. The number of carbonyl (C=O) groups excluding carboxylic acids is 1. The number of nitrogens with one attached hydrogen (secondary N) is 1. The average molecular weight is 467 g/mol. The number of methoxy groups -OCH3 is 1. The number of aryl methyl sites for hydroxylation is 2. The Labute approximate surface area is 196 Å². The predicted octanol–water partition coefficient (Wildman–Crippen LogP) is 4.64. The molecule has 3 rings (SSSR count). The highest BCUT2D eigenvalue weighted by Crippen LogP contribution is 2.25. The van der Waals surface area contributed by atoms with Crippen LogP contribution >= 0.6 is 0 Å². The average Bonchev–Trinajstić information content (AvgIpc) is 2.83. The Kier molecular flexibility index (Phi) is 7.76. The highest BCUT2D eigenvalue weighted by atomic mass is 32.2. The molecule has 0 aromatic heterocycles. The maximum Gasteiger partial charge on any atom is 0.264 e. The fraction of sp³-hybridized carbons (Fsp3) is 0.269. The quantitative estimate of drug-likeness (QED) is 0.499. The Hall–Kier alpha value is -3.32. The lowest BCUT2D eigenvalue weighted by Gasteiger charge is -2.25. The molecule has 3 aromatic carbocycles. The summed E-state index contributed by atoms with van der Waals surface area (Å²) in [7, 11) is -2.46. The van der Waals surface area contributed by atoms with Gasteiger partial charge in [0.2, 0.25) is 5.91 Å². The van der Waals surface area contributed by atoms with Crippen molar-refractivity contribution in [1.82, 2.24) is 5.32 Å². The predicted molar refractivity (Wildman–Crippen MR) is 131 cm³/mol. The number of anilines is 1. The van der Waals surface area contributed by atoms with E-state index in [9.17, 15) is 13.2 Å². The number of carbonyl (C=O) groups is 1.